The fraction of sp³-hybridized carbons (Fsp3) is 0.591. The summed E-state index contributed by atoms with van der Waals surface area (Å²) < 4.78 is 0. The molecule has 4 amide bonds. The van der Waals surface area contributed by atoms with E-state index in [-0.39, 0.29) is 29.8 Å². The van der Waals surface area contributed by atoms with E-state index in [0.717, 1.165) is 12.8 Å². The summed E-state index contributed by atoms with van der Waals surface area (Å²) in [5, 5.41) is 8.73. The summed E-state index contributed by atoms with van der Waals surface area (Å²) in [6.07, 6.45) is 3.44. The van der Waals surface area contributed by atoms with Crippen LogP contribution in [0.15, 0.2) is 24.3 Å². The van der Waals surface area contributed by atoms with E-state index in [9.17, 15) is 14.4 Å². The van der Waals surface area contributed by atoms with Crippen LogP contribution < -0.4 is 16.0 Å². The van der Waals surface area contributed by atoms with E-state index >= 15 is 0 Å². The van der Waals surface area contributed by atoms with Gasteiger partial charge in [-0.1, -0.05) is 13.8 Å². The number of amides is 4. The number of likely N-dealkylation sites (tertiary alicyclic amines) is 1. The van der Waals surface area contributed by atoms with Crippen LogP contribution in [0.5, 0.6) is 0 Å². The lowest BCUT2D eigenvalue weighted by Crippen LogP contribution is -2.45. The van der Waals surface area contributed by atoms with Gasteiger partial charge in [-0.05, 0) is 62.8 Å². The first-order valence-corrected chi connectivity index (χ1v) is 10.6. The smallest absolute Gasteiger partial charge is 0.319 e. The predicted molar refractivity (Wildman–Crippen MR) is 113 cm³/mol. The molecule has 0 spiro atoms. The largest absolute Gasteiger partial charge is 0.353 e. The SMILES string of the molecule is CC(C)C(C)NC(=O)C1CCN(C(=O)c2ccc(NC(=O)NC3CC3)cc2)CC1. The molecule has 0 radical (unpaired) electrons. The van der Waals surface area contributed by atoms with Gasteiger partial charge in [0.15, 0.2) is 0 Å². The number of piperidine rings is 1. The Labute approximate surface area is 172 Å². The lowest BCUT2D eigenvalue weighted by atomic mass is 9.94. The third-order valence-corrected chi connectivity index (χ3v) is 5.83. The summed E-state index contributed by atoms with van der Waals surface area (Å²) in [5.41, 5.74) is 1.25. The van der Waals surface area contributed by atoms with E-state index in [1.165, 1.54) is 0 Å². The number of rotatable bonds is 6. The van der Waals surface area contributed by atoms with E-state index in [0.29, 0.717) is 49.1 Å². The van der Waals surface area contributed by atoms with Crippen molar-refractivity contribution in [3.8, 4) is 0 Å². The molecule has 0 aromatic heterocycles. The van der Waals surface area contributed by atoms with Crippen molar-refractivity contribution in [2.45, 2.75) is 58.5 Å². The van der Waals surface area contributed by atoms with Gasteiger partial charge in [-0.2, -0.15) is 0 Å². The van der Waals surface area contributed by atoms with Gasteiger partial charge in [-0.25, -0.2) is 4.79 Å². The summed E-state index contributed by atoms with van der Waals surface area (Å²) in [6, 6.07) is 7.20. The predicted octanol–water partition coefficient (Wildman–Crippen LogP) is 2.98. The molecule has 1 atom stereocenters. The topological polar surface area (TPSA) is 90.5 Å². The molecular formula is C22H32N4O3. The van der Waals surface area contributed by atoms with Crippen molar-refractivity contribution >= 4 is 23.5 Å². The zero-order valence-corrected chi connectivity index (χ0v) is 17.5. The standard InChI is InChI=1S/C22H32N4O3/c1-14(2)15(3)23-20(27)16-10-12-26(13-11-16)21(28)17-4-6-18(7-5-17)24-22(29)25-19-8-9-19/h4-7,14-16,19H,8-13H2,1-3H3,(H,23,27)(H2,24,25,29). The van der Waals surface area contributed by atoms with Gasteiger partial charge in [0, 0.05) is 42.3 Å². The van der Waals surface area contributed by atoms with Crippen molar-refractivity contribution in [2.75, 3.05) is 18.4 Å². The van der Waals surface area contributed by atoms with Crippen molar-refractivity contribution in [2.24, 2.45) is 11.8 Å². The van der Waals surface area contributed by atoms with Crippen molar-refractivity contribution in [1.29, 1.82) is 0 Å². The second-order valence-corrected chi connectivity index (χ2v) is 8.56. The first kappa shape index (κ1) is 21.1. The minimum atomic E-state index is -0.210. The quantitative estimate of drug-likeness (QED) is 0.686. The van der Waals surface area contributed by atoms with Crippen LogP contribution in [-0.2, 0) is 4.79 Å². The average molecular weight is 401 g/mol. The molecule has 1 saturated heterocycles. The molecule has 3 rings (SSSR count). The molecule has 158 valence electrons. The van der Waals surface area contributed by atoms with Crippen LogP contribution in [-0.4, -0.2) is 47.9 Å². The van der Waals surface area contributed by atoms with Gasteiger partial charge >= 0.3 is 6.03 Å². The summed E-state index contributed by atoms with van der Waals surface area (Å²) in [6.45, 7) is 7.36. The lowest BCUT2D eigenvalue weighted by Gasteiger charge is -2.32. The molecule has 0 bridgehead atoms. The highest BCUT2D eigenvalue weighted by Gasteiger charge is 2.29. The first-order valence-electron chi connectivity index (χ1n) is 10.6. The number of nitrogens with one attached hydrogen (secondary N) is 3. The fourth-order valence-corrected chi connectivity index (χ4v) is 3.31. The van der Waals surface area contributed by atoms with Crippen molar-refractivity contribution in [3.05, 3.63) is 29.8 Å². The van der Waals surface area contributed by atoms with Crippen LogP contribution >= 0.6 is 0 Å². The number of anilines is 1. The molecule has 7 nitrogen and oxygen atoms in total. The van der Waals surface area contributed by atoms with Gasteiger partial charge in [-0.3, -0.25) is 9.59 Å². The number of benzene rings is 1. The molecule has 29 heavy (non-hydrogen) atoms. The normalized spacial score (nSPS) is 18.3. The number of nitrogens with zero attached hydrogens (tertiary/aromatic N) is 1. The lowest BCUT2D eigenvalue weighted by molar-refractivity contribution is -0.127. The Balaban J connectivity index is 1.47. The molecule has 1 aliphatic carbocycles. The molecule has 1 unspecified atom stereocenters. The van der Waals surface area contributed by atoms with E-state index in [2.05, 4.69) is 29.8 Å². The third kappa shape index (κ3) is 5.95. The summed E-state index contributed by atoms with van der Waals surface area (Å²) >= 11 is 0. The Morgan fingerprint density at radius 3 is 2.14 bits per heavy atom. The van der Waals surface area contributed by atoms with Crippen molar-refractivity contribution in [3.63, 3.8) is 0 Å². The van der Waals surface area contributed by atoms with E-state index in [1.54, 1.807) is 29.2 Å². The van der Waals surface area contributed by atoms with Crippen LogP contribution in [0.2, 0.25) is 0 Å². The van der Waals surface area contributed by atoms with Crippen molar-refractivity contribution < 1.29 is 14.4 Å². The highest BCUT2D eigenvalue weighted by molar-refractivity contribution is 5.95. The van der Waals surface area contributed by atoms with Crippen LogP contribution in [0.4, 0.5) is 10.5 Å². The molecule has 7 heteroatoms. The second kappa shape index (κ2) is 9.29. The van der Waals surface area contributed by atoms with Crippen molar-refractivity contribution in [1.82, 2.24) is 15.5 Å². The summed E-state index contributed by atoms with van der Waals surface area (Å²) in [4.78, 5) is 38.8. The second-order valence-electron chi connectivity index (χ2n) is 8.56. The maximum Gasteiger partial charge on any atom is 0.319 e. The zero-order valence-electron chi connectivity index (χ0n) is 17.5. The Morgan fingerprint density at radius 2 is 1.59 bits per heavy atom. The van der Waals surface area contributed by atoms with E-state index in [4.69, 9.17) is 0 Å². The molecule has 1 aromatic rings. The molecule has 1 saturated carbocycles. The number of carbonyl (C=O) groups excluding carboxylic acids is 3. The molecule has 2 aliphatic rings. The average Bonchev–Trinajstić information content (AvgIpc) is 3.51. The van der Waals surface area contributed by atoms with Gasteiger partial charge in [0.1, 0.15) is 0 Å². The third-order valence-electron chi connectivity index (χ3n) is 5.83. The van der Waals surface area contributed by atoms with Gasteiger partial charge in [0.2, 0.25) is 5.91 Å². The van der Waals surface area contributed by atoms with E-state index in [1.807, 2.05) is 6.92 Å². The maximum atomic E-state index is 12.8. The Bertz CT molecular complexity index is 735. The minimum Gasteiger partial charge on any atom is -0.353 e. The maximum absolute atomic E-state index is 12.8. The molecule has 1 heterocycles. The molecule has 2 fully saturated rings. The van der Waals surface area contributed by atoms with Gasteiger partial charge in [0.25, 0.3) is 5.91 Å². The van der Waals surface area contributed by atoms with Gasteiger partial charge < -0.3 is 20.9 Å². The highest BCUT2D eigenvalue weighted by atomic mass is 16.2. The zero-order chi connectivity index (χ0) is 21.0. The first-order chi connectivity index (χ1) is 13.8. The number of hydrogen-bond donors (Lipinski definition) is 3. The van der Waals surface area contributed by atoms with Crippen LogP contribution in [0.25, 0.3) is 0 Å². The Hall–Kier alpha value is -2.57. The molecule has 1 aliphatic heterocycles. The molecule has 3 N–H and O–H groups in total. The highest BCUT2D eigenvalue weighted by Crippen LogP contribution is 2.21. The van der Waals surface area contributed by atoms with Gasteiger partial charge in [-0.15, -0.1) is 0 Å². The number of urea groups is 1. The number of carbonyl (C=O) groups is 3. The van der Waals surface area contributed by atoms with Crippen LogP contribution in [0, 0.1) is 11.8 Å². The number of hydrogen-bond acceptors (Lipinski definition) is 3. The summed E-state index contributed by atoms with van der Waals surface area (Å²) in [5.74, 6) is 0.432. The van der Waals surface area contributed by atoms with Crippen LogP contribution in [0.1, 0.15) is 56.8 Å². The van der Waals surface area contributed by atoms with E-state index < -0.39 is 0 Å². The molecular weight excluding hydrogens is 368 g/mol. The van der Waals surface area contributed by atoms with Crippen LogP contribution in [0.3, 0.4) is 0 Å². The summed E-state index contributed by atoms with van der Waals surface area (Å²) in [7, 11) is 0. The Kier molecular flexibility index (Phi) is 6.77. The molecule has 1 aromatic carbocycles. The minimum absolute atomic E-state index is 0.0307. The van der Waals surface area contributed by atoms with Gasteiger partial charge in [0.05, 0.1) is 0 Å². The monoisotopic (exact) mass is 400 g/mol. The fourth-order valence-electron chi connectivity index (χ4n) is 3.31. The Morgan fingerprint density at radius 1 is 0.966 bits per heavy atom.